The molecule has 0 fully saturated rings. The molecule has 0 aliphatic carbocycles. The Morgan fingerprint density at radius 1 is 0.938 bits per heavy atom. The minimum atomic E-state index is -0.751. The van der Waals surface area contributed by atoms with Crippen LogP contribution in [0.3, 0.4) is 0 Å². The van der Waals surface area contributed by atoms with Gasteiger partial charge in [0.1, 0.15) is 11.5 Å². The summed E-state index contributed by atoms with van der Waals surface area (Å²) >= 11 is 0. The molecular weight excluding hydrogens is 402 g/mol. The molecule has 1 aliphatic heterocycles. The van der Waals surface area contributed by atoms with Crippen LogP contribution in [-0.2, 0) is 9.59 Å². The number of hydrogen-bond donors (Lipinski definition) is 1. The number of carbonyl (C=O) groups is 2. The van der Waals surface area contributed by atoms with Crippen LogP contribution in [0.1, 0.15) is 31.0 Å². The van der Waals surface area contributed by atoms with E-state index in [4.69, 9.17) is 4.74 Å². The Morgan fingerprint density at radius 3 is 2.25 bits per heavy atom. The summed E-state index contributed by atoms with van der Waals surface area (Å²) < 4.78 is 5.97. The van der Waals surface area contributed by atoms with Crippen molar-refractivity contribution in [3.63, 3.8) is 0 Å². The smallest absolute Gasteiger partial charge is 0.294 e. The van der Waals surface area contributed by atoms with E-state index in [0.717, 1.165) is 5.56 Å². The van der Waals surface area contributed by atoms with E-state index in [9.17, 15) is 14.7 Å². The second-order valence-corrected chi connectivity index (χ2v) is 8.18. The van der Waals surface area contributed by atoms with Gasteiger partial charge in [0.2, 0.25) is 0 Å². The second kappa shape index (κ2) is 8.71. The molecule has 1 aliphatic rings. The van der Waals surface area contributed by atoms with Gasteiger partial charge in [0.25, 0.3) is 5.91 Å². The highest BCUT2D eigenvalue weighted by Crippen LogP contribution is 2.42. The lowest BCUT2D eigenvalue weighted by Gasteiger charge is -2.27. The number of ketones is 1. The molecule has 0 radical (unpaired) electrons. The molecule has 1 N–H and O–H groups in total. The maximum absolute atomic E-state index is 13.1. The van der Waals surface area contributed by atoms with E-state index in [1.54, 1.807) is 19.9 Å². The Hall–Kier alpha value is -3.86. The number of aliphatic hydroxyl groups is 1. The molecule has 1 unspecified atom stereocenters. The molecule has 32 heavy (non-hydrogen) atoms. The van der Waals surface area contributed by atoms with Gasteiger partial charge in [-0.3, -0.25) is 14.5 Å². The highest BCUT2D eigenvalue weighted by atomic mass is 16.5. The van der Waals surface area contributed by atoms with Crippen molar-refractivity contribution in [3.05, 3.63) is 101 Å². The largest absolute Gasteiger partial charge is 0.503 e. The molecule has 3 aromatic carbocycles. The van der Waals surface area contributed by atoms with Gasteiger partial charge in [-0.25, -0.2) is 0 Å². The maximum Gasteiger partial charge on any atom is 0.294 e. The number of rotatable bonds is 6. The highest BCUT2D eigenvalue weighted by Gasteiger charge is 2.44. The Labute approximate surface area is 187 Å². The third-order valence-electron chi connectivity index (χ3n) is 5.46. The molecule has 162 valence electrons. The summed E-state index contributed by atoms with van der Waals surface area (Å²) in [4.78, 5) is 27.7. The topological polar surface area (TPSA) is 66.8 Å². The molecule has 4 rings (SSSR count). The van der Waals surface area contributed by atoms with Crippen LogP contribution in [0.2, 0.25) is 0 Å². The minimum Gasteiger partial charge on any atom is -0.503 e. The first-order valence-corrected chi connectivity index (χ1v) is 10.6. The third-order valence-corrected chi connectivity index (χ3v) is 5.46. The van der Waals surface area contributed by atoms with Gasteiger partial charge >= 0.3 is 0 Å². The van der Waals surface area contributed by atoms with Crippen LogP contribution in [0.4, 0.5) is 5.69 Å². The number of benzene rings is 3. The maximum atomic E-state index is 13.1. The summed E-state index contributed by atoms with van der Waals surface area (Å²) in [6, 6.07) is 23.3. The van der Waals surface area contributed by atoms with Crippen LogP contribution >= 0.6 is 0 Å². The Bertz CT molecular complexity index is 1180. The van der Waals surface area contributed by atoms with E-state index in [1.807, 2.05) is 79.7 Å². The summed E-state index contributed by atoms with van der Waals surface area (Å²) in [6.07, 6.45) is 0. The molecule has 0 bridgehead atoms. The average molecular weight is 428 g/mol. The molecule has 0 spiro atoms. The Balaban J connectivity index is 1.81. The van der Waals surface area contributed by atoms with Crippen molar-refractivity contribution in [1.29, 1.82) is 0 Å². The van der Waals surface area contributed by atoms with Gasteiger partial charge < -0.3 is 9.84 Å². The van der Waals surface area contributed by atoms with Gasteiger partial charge in [-0.2, -0.15) is 0 Å². The summed E-state index contributed by atoms with van der Waals surface area (Å²) in [5.74, 6) is -0.456. The van der Waals surface area contributed by atoms with E-state index in [-0.39, 0.29) is 17.3 Å². The fourth-order valence-electron chi connectivity index (χ4n) is 3.83. The lowest BCUT2D eigenvalue weighted by Crippen LogP contribution is -2.31. The SMILES string of the molecule is Cc1ccc(N2C(=O)C(O)=C(C(=O)C(C)C)C2c2cccc(Oc3ccccc3)c2)cc1. The van der Waals surface area contributed by atoms with Crippen LogP contribution in [0.15, 0.2) is 90.2 Å². The van der Waals surface area contributed by atoms with Crippen molar-refractivity contribution in [2.24, 2.45) is 5.92 Å². The molecule has 1 amide bonds. The fourth-order valence-corrected chi connectivity index (χ4v) is 3.83. The zero-order valence-corrected chi connectivity index (χ0v) is 18.3. The highest BCUT2D eigenvalue weighted by molar-refractivity contribution is 6.16. The summed E-state index contributed by atoms with van der Waals surface area (Å²) in [6.45, 7) is 5.47. The average Bonchev–Trinajstić information content (AvgIpc) is 3.05. The summed E-state index contributed by atoms with van der Waals surface area (Å²) in [5.41, 5.74) is 2.45. The fraction of sp³-hybridized carbons (Fsp3) is 0.185. The van der Waals surface area contributed by atoms with Gasteiger partial charge in [-0.1, -0.05) is 61.9 Å². The standard InChI is InChI=1S/C27H25NO4/c1-17(2)25(29)23-24(28(27(31)26(23)30)20-14-12-18(3)13-15-20)19-8-7-11-22(16-19)32-21-9-5-4-6-10-21/h4-17,24,30H,1-3H3. The second-order valence-electron chi connectivity index (χ2n) is 8.18. The zero-order chi connectivity index (χ0) is 22.8. The predicted octanol–water partition coefficient (Wildman–Crippen LogP) is 5.91. The van der Waals surface area contributed by atoms with Crippen LogP contribution in [0.5, 0.6) is 11.5 Å². The van der Waals surface area contributed by atoms with E-state index >= 15 is 0 Å². The van der Waals surface area contributed by atoms with E-state index in [2.05, 4.69) is 0 Å². The van der Waals surface area contributed by atoms with Gasteiger partial charge in [0.15, 0.2) is 11.5 Å². The van der Waals surface area contributed by atoms with E-state index in [1.165, 1.54) is 4.90 Å². The molecular formula is C27H25NO4. The lowest BCUT2D eigenvalue weighted by atomic mass is 9.91. The van der Waals surface area contributed by atoms with Crippen molar-refractivity contribution in [3.8, 4) is 11.5 Å². The molecule has 3 aromatic rings. The first kappa shape index (κ1) is 21.4. The van der Waals surface area contributed by atoms with Gasteiger partial charge in [0.05, 0.1) is 11.6 Å². The monoisotopic (exact) mass is 427 g/mol. The zero-order valence-electron chi connectivity index (χ0n) is 18.3. The van der Waals surface area contributed by atoms with Gasteiger partial charge in [-0.15, -0.1) is 0 Å². The van der Waals surface area contributed by atoms with Gasteiger partial charge in [-0.05, 0) is 48.9 Å². The quantitative estimate of drug-likeness (QED) is 0.531. The van der Waals surface area contributed by atoms with E-state index in [0.29, 0.717) is 22.7 Å². The lowest BCUT2D eigenvalue weighted by molar-refractivity contribution is -0.119. The molecule has 0 aromatic heterocycles. The minimum absolute atomic E-state index is 0.113. The molecule has 0 saturated carbocycles. The number of aryl methyl sites for hydroxylation is 1. The van der Waals surface area contributed by atoms with Crippen LogP contribution in [0, 0.1) is 12.8 Å². The first-order chi connectivity index (χ1) is 15.4. The van der Waals surface area contributed by atoms with Crippen molar-refractivity contribution in [2.45, 2.75) is 26.8 Å². The van der Waals surface area contributed by atoms with E-state index < -0.39 is 17.7 Å². The number of anilines is 1. The summed E-state index contributed by atoms with van der Waals surface area (Å²) in [7, 11) is 0. The molecule has 0 saturated heterocycles. The molecule has 5 nitrogen and oxygen atoms in total. The normalized spacial score (nSPS) is 16.1. The van der Waals surface area contributed by atoms with Crippen molar-refractivity contribution >= 4 is 17.4 Å². The van der Waals surface area contributed by atoms with Crippen molar-refractivity contribution in [1.82, 2.24) is 0 Å². The number of hydrogen-bond acceptors (Lipinski definition) is 4. The van der Waals surface area contributed by atoms with Gasteiger partial charge in [0, 0.05) is 11.6 Å². The molecule has 1 atom stereocenters. The predicted molar refractivity (Wildman–Crippen MR) is 124 cm³/mol. The van der Waals surface area contributed by atoms with Crippen molar-refractivity contribution < 1.29 is 19.4 Å². The molecule has 5 heteroatoms. The Kier molecular flexibility index (Phi) is 5.82. The van der Waals surface area contributed by atoms with Crippen molar-refractivity contribution in [2.75, 3.05) is 4.90 Å². The molecule has 1 heterocycles. The number of nitrogens with zero attached hydrogens (tertiary/aromatic N) is 1. The Morgan fingerprint density at radius 2 is 1.59 bits per heavy atom. The first-order valence-electron chi connectivity index (χ1n) is 10.6. The number of carbonyl (C=O) groups excluding carboxylic acids is 2. The number of amides is 1. The number of Topliss-reactive ketones (excluding diaryl/α,β-unsaturated/α-hetero) is 1. The summed E-state index contributed by atoms with van der Waals surface area (Å²) in [5, 5.41) is 10.7. The number of para-hydroxylation sites is 1. The van der Waals surface area contributed by atoms with Crippen LogP contribution in [0.25, 0.3) is 0 Å². The number of aliphatic hydroxyl groups excluding tert-OH is 1. The number of ether oxygens (including phenoxy) is 1. The van der Waals surface area contributed by atoms with Crippen LogP contribution < -0.4 is 9.64 Å². The third kappa shape index (κ3) is 4.02. The van der Waals surface area contributed by atoms with Crippen LogP contribution in [-0.4, -0.2) is 16.8 Å².